The molecule has 0 aliphatic heterocycles. The minimum atomic E-state index is -1.04. The van der Waals surface area contributed by atoms with Crippen molar-refractivity contribution in [3.63, 3.8) is 0 Å². The lowest BCUT2D eigenvalue weighted by Crippen LogP contribution is -2.48. The van der Waals surface area contributed by atoms with Crippen LogP contribution in [-0.2, 0) is 20.8 Å². The number of methoxy groups -OCH3 is 1. The predicted octanol–water partition coefficient (Wildman–Crippen LogP) is 3.65. The van der Waals surface area contributed by atoms with Gasteiger partial charge < -0.3 is 25.6 Å². The molecule has 0 radical (unpaired) electrons. The summed E-state index contributed by atoms with van der Waals surface area (Å²) >= 11 is 6.21. The van der Waals surface area contributed by atoms with Crippen molar-refractivity contribution in [2.75, 3.05) is 13.7 Å². The average molecular weight is 575 g/mol. The van der Waals surface area contributed by atoms with Gasteiger partial charge in [-0.15, -0.1) is 0 Å². The number of hydrogen-bond donors (Lipinski definition) is 4. The van der Waals surface area contributed by atoms with E-state index in [-0.39, 0.29) is 31.3 Å². The molecule has 2 rings (SSSR count). The van der Waals surface area contributed by atoms with Crippen LogP contribution in [0.5, 0.6) is 5.75 Å². The largest absolute Gasteiger partial charge is 0.495 e. The van der Waals surface area contributed by atoms with Crippen molar-refractivity contribution in [2.24, 2.45) is 11.8 Å². The van der Waals surface area contributed by atoms with Crippen molar-refractivity contribution in [3.8, 4) is 5.75 Å². The number of carboxylic acid groups (broad SMARTS) is 1. The van der Waals surface area contributed by atoms with Gasteiger partial charge in [0.05, 0.1) is 30.4 Å². The van der Waals surface area contributed by atoms with E-state index in [9.17, 15) is 19.5 Å². The second-order valence-corrected chi connectivity index (χ2v) is 10.4. The summed E-state index contributed by atoms with van der Waals surface area (Å²) in [6.07, 6.45) is 9.92. The van der Waals surface area contributed by atoms with Crippen LogP contribution in [0.4, 0.5) is 0 Å². The third-order valence-electron chi connectivity index (χ3n) is 6.29. The van der Waals surface area contributed by atoms with Gasteiger partial charge in [-0.25, -0.2) is 0 Å². The van der Waals surface area contributed by atoms with Gasteiger partial charge in [0.2, 0.25) is 11.8 Å². The van der Waals surface area contributed by atoms with Gasteiger partial charge >= 0.3 is 5.97 Å². The zero-order chi connectivity index (χ0) is 29.8. The second kappa shape index (κ2) is 15.8. The van der Waals surface area contributed by atoms with E-state index < -0.39 is 35.8 Å². The van der Waals surface area contributed by atoms with E-state index in [1.807, 2.05) is 43.8 Å². The van der Waals surface area contributed by atoms with Crippen LogP contribution in [0.2, 0.25) is 5.02 Å². The van der Waals surface area contributed by atoms with E-state index in [2.05, 4.69) is 15.7 Å². The van der Waals surface area contributed by atoms with Gasteiger partial charge in [0.1, 0.15) is 11.8 Å². The van der Waals surface area contributed by atoms with Crippen molar-refractivity contribution in [2.45, 2.75) is 58.7 Å². The number of carbonyl (C=O) groups is 3. The highest BCUT2D eigenvalue weighted by atomic mass is 35.5. The highest BCUT2D eigenvalue weighted by molar-refractivity contribution is 6.32. The molecule has 1 aromatic carbocycles. The maximum absolute atomic E-state index is 12.9. The topological polar surface area (TPSA) is 143 Å². The van der Waals surface area contributed by atoms with Gasteiger partial charge in [-0.2, -0.15) is 5.10 Å². The number of rotatable bonds is 15. The summed E-state index contributed by atoms with van der Waals surface area (Å²) in [6, 6.07) is 4.30. The van der Waals surface area contributed by atoms with Crippen molar-refractivity contribution in [1.82, 2.24) is 20.4 Å². The summed E-state index contributed by atoms with van der Waals surface area (Å²) in [7, 11) is 1.49. The molecule has 0 spiro atoms. The standard InChI is InChI=1S/C29H39ClN4O6/c1-18(2)34-17-22(16-32-34)10-9-19(3)25(35)7-6-8-27(36)33-24(28(37)31-15-20(4)29(38)39)14-21-11-12-26(40-5)23(30)13-21/h6,8-13,16-20,24-25,35H,7,14-15H2,1-5H3,(H,31,37)(H,33,36)(H,38,39)/b8-6+,10-9+. The number of benzene rings is 1. The maximum Gasteiger partial charge on any atom is 0.308 e. The molecule has 11 heteroatoms. The number of carboxylic acids is 1. The third kappa shape index (κ3) is 10.5. The second-order valence-electron chi connectivity index (χ2n) is 9.99. The van der Waals surface area contributed by atoms with Crippen molar-refractivity contribution >= 4 is 35.5 Å². The summed E-state index contributed by atoms with van der Waals surface area (Å²) < 4.78 is 7.01. The molecular formula is C29H39ClN4O6. The Hall–Kier alpha value is -3.63. The first-order valence-corrected chi connectivity index (χ1v) is 13.5. The van der Waals surface area contributed by atoms with Crippen LogP contribution in [-0.4, -0.2) is 63.6 Å². The first kappa shape index (κ1) is 32.6. The number of amides is 2. The Labute approximate surface area is 240 Å². The summed E-state index contributed by atoms with van der Waals surface area (Å²) in [4.78, 5) is 36.6. The van der Waals surface area contributed by atoms with Gasteiger partial charge in [-0.3, -0.25) is 19.1 Å². The molecule has 4 atom stereocenters. The fourth-order valence-corrected chi connectivity index (χ4v) is 3.89. The number of nitrogens with one attached hydrogen (secondary N) is 2. The van der Waals surface area contributed by atoms with Gasteiger partial charge in [0, 0.05) is 36.7 Å². The number of hydrogen-bond acceptors (Lipinski definition) is 6. The Bertz CT molecular complexity index is 1210. The summed E-state index contributed by atoms with van der Waals surface area (Å²) in [5.41, 5.74) is 1.61. The molecule has 10 nitrogen and oxygen atoms in total. The lowest BCUT2D eigenvalue weighted by molar-refractivity contribution is -0.141. The number of aliphatic carboxylic acids is 1. The monoisotopic (exact) mass is 574 g/mol. The number of nitrogens with zero attached hydrogens (tertiary/aromatic N) is 2. The summed E-state index contributed by atoms with van der Waals surface area (Å²) in [5, 5.41) is 29.5. The van der Waals surface area contributed by atoms with Crippen molar-refractivity contribution in [1.29, 1.82) is 0 Å². The molecule has 1 aromatic heterocycles. The van der Waals surface area contributed by atoms with Gasteiger partial charge in [-0.1, -0.05) is 49.7 Å². The number of carbonyl (C=O) groups excluding carboxylic acids is 2. The van der Waals surface area contributed by atoms with E-state index in [4.69, 9.17) is 21.4 Å². The number of aromatic nitrogens is 2. The molecule has 0 aliphatic carbocycles. The molecule has 2 aromatic rings. The van der Waals surface area contributed by atoms with Crippen LogP contribution in [0.15, 0.2) is 48.8 Å². The van der Waals surface area contributed by atoms with Crippen LogP contribution in [0, 0.1) is 11.8 Å². The first-order chi connectivity index (χ1) is 18.9. The fraction of sp³-hybridized carbons (Fsp3) is 0.448. The maximum atomic E-state index is 12.9. The van der Waals surface area contributed by atoms with Gasteiger partial charge in [-0.05, 0) is 44.0 Å². The van der Waals surface area contributed by atoms with Crippen LogP contribution in [0.1, 0.15) is 51.3 Å². The van der Waals surface area contributed by atoms with Crippen LogP contribution in [0.25, 0.3) is 6.08 Å². The lowest BCUT2D eigenvalue weighted by Gasteiger charge is -2.19. The summed E-state index contributed by atoms with van der Waals surface area (Å²) in [5.74, 6) is -2.59. The first-order valence-electron chi connectivity index (χ1n) is 13.1. The summed E-state index contributed by atoms with van der Waals surface area (Å²) in [6.45, 7) is 7.34. The lowest BCUT2D eigenvalue weighted by atomic mass is 10.0. The average Bonchev–Trinajstić information content (AvgIpc) is 3.39. The Morgan fingerprint density at radius 2 is 1.93 bits per heavy atom. The van der Waals surface area contributed by atoms with E-state index in [1.54, 1.807) is 30.5 Å². The molecule has 1 heterocycles. The normalized spacial score (nSPS) is 14.7. The molecule has 0 aliphatic rings. The van der Waals surface area contributed by atoms with Crippen LogP contribution in [0.3, 0.4) is 0 Å². The van der Waals surface area contributed by atoms with Gasteiger partial charge in [0.25, 0.3) is 0 Å². The van der Waals surface area contributed by atoms with Crippen molar-refractivity contribution in [3.05, 3.63) is 65.0 Å². The molecule has 0 fully saturated rings. The quantitative estimate of drug-likeness (QED) is 0.238. The molecule has 4 N–H and O–H groups in total. The fourth-order valence-electron chi connectivity index (χ4n) is 3.61. The van der Waals surface area contributed by atoms with E-state index >= 15 is 0 Å². The van der Waals surface area contributed by atoms with Crippen LogP contribution < -0.4 is 15.4 Å². The molecule has 4 unspecified atom stereocenters. The minimum absolute atomic E-state index is 0.0877. The Morgan fingerprint density at radius 1 is 1.20 bits per heavy atom. The number of halogens is 1. The van der Waals surface area contributed by atoms with Gasteiger partial charge in [0.15, 0.2) is 0 Å². The molecular weight excluding hydrogens is 536 g/mol. The molecule has 218 valence electrons. The highest BCUT2D eigenvalue weighted by Crippen LogP contribution is 2.25. The molecule has 2 amide bonds. The highest BCUT2D eigenvalue weighted by Gasteiger charge is 2.22. The SMILES string of the molecule is COc1ccc(CC(NC(=O)/C=C/CC(O)C(C)/C=C/c2cnn(C(C)C)c2)C(=O)NCC(C)C(=O)O)cc1Cl. The zero-order valence-corrected chi connectivity index (χ0v) is 24.3. The molecule has 40 heavy (non-hydrogen) atoms. The van der Waals surface area contributed by atoms with Crippen LogP contribution >= 0.6 is 11.6 Å². The Morgan fingerprint density at radius 3 is 2.52 bits per heavy atom. The minimum Gasteiger partial charge on any atom is -0.495 e. The van der Waals surface area contributed by atoms with E-state index in [1.165, 1.54) is 20.1 Å². The number of aliphatic hydroxyl groups excluding tert-OH is 1. The Kier molecular flexibility index (Phi) is 12.9. The van der Waals surface area contributed by atoms with Crippen molar-refractivity contribution < 1.29 is 29.3 Å². The number of aliphatic hydroxyl groups is 1. The third-order valence-corrected chi connectivity index (χ3v) is 6.58. The van der Waals surface area contributed by atoms with E-state index in [0.717, 1.165) is 5.56 Å². The predicted molar refractivity (Wildman–Crippen MR) is 154 cm³/mol. The zero-order valence-electron chi connectivity index (χ0n) is 23.5. The molecule has 0 bridgehead atoms. The Balaban J connectivity index is 2.00. The smallest absolute Gasteiger partial charge is 0.308 e. The number of ether oxygens (including phenoxy) is 1. The molecule has 0 saturated heterocycles. The molecule has 0 saturated carbocycles. The van der Waals surface area contributed by atoms with E-state index in [0.29, 0.717) is 16.3 Å².